The Kier molecular flexibility index (Phi) is 4.15. The number of fused-ring (bicyclic) bond motifs is 1. The van der Waals surface area contributed by atoms with Gasteiger partial charge in [0.1, 0.15) is 5.60 Å². The molecule has 0 bridgehead atoms. The van der Waals surface area contributed by atoms with E-state index in [9.17, 15) is 0 Å². The number of benzene rings is 3. The standard InChI is InChI=1S/C24H24BNO/c1-19-11-8-9-16-22(19)25-26-18-10-17-23(26)24(27-25,20-12-4-2-5-13-20)21-14-6-3-7-15-21/h2-9,11-16,23H,10,17-18H2,1H3. The zero-order valence-corrected chi connectivity index (χ0v) is 15.7. The van der Waals surface area contributed by atoms with E-state index >= 15 is 0 Å². The van der Waals surface area contributed by atoms with Crippen LogP contribution in [0.25, 0.3) is 0 Å². The predicted molar refractivity (Wildman–Crippen MR) is 111 cm³/mol. The van der Waals surface area contributed by atoms with E-state index in [4.69, 9.17) is 4.65 Å². The van der Waals surface area contributed by atoms with Crippen LogP contribution in [-0.2, 0) is 10.3 Å². The lowest BCUT2D eigenvalue weighted by atomic mass is 9.70. The van der Waals surface area contributed by atoms with Gasteiger partial charge in [-0.05, 0) is 42.9 Å². The minimum atomic E-state index is -0.425. The highest BCUT2D eigenvalue weighted by molar-refractivity contribution is 6.66. The zero-order valence-electron chi connectivity index (χ0n) is 15.7. The van der Waals surface area contributed by atoms with Crippen molar-refractivity contribution < 1.29 is 4.65 Å². The first-order valence-electron chi connectivity index (χ1n) is 9.91. The molecule has 2 aliphatic rings. The third-order valence-electron chi connectivity index (χ3n) is 6.22. The average Bonchev–Trinajstić information content (AvgIpc) is 3.32. The van der Waals surface area contributed by atoms with Gasteiger partial charge in [0, 0.05) is 6.04 Å². The monoisotopic (exact) mass is 353 g/mol. The lowest BCUT2D eigenvalue weighted by Gasteiger charge is -2.36. The summed E-state index contributed by atoms with van der Waals surface area (Å²) < 4.78 is 7.08. The molecule has 2 fully saturated rings. The SMILES string of the molecule is Cc1ccccc1B1OC(c2ccccc2)(c2ccccc2)C2CCCN12. The molecular formula is C24H24BNO. The predicted octanol–water partition coefficient (Wildman–Crippen LogP) is 4.13. The van der Waals surface area contributed by atoms with E-state index in [1.807, 2.05) is 0 Å². The topological polar surface area (TPSA) is 12.5 Å². The normalized spacial score (nSPS) is 21.4. The molecule has 2 saturated heterocycles. The molecule has 0 aliphatic carbocycles. The van der Waals surface area contributed by atoms with Gasteiger partial charge in [0.15, 0.2) is 0 Å². The van der Waals surface area contributed by atoms with E-state index in [1.165, 1.54) is 28.6 Å². The van der Waals surface area contributed by atoms with Crippen LogP contribution in [-0.4, -0.2) is 24.4 Å². The first-order valence-corrected chi connectivity index (χ1v) is 9.91. The zero-order chi connectivity index (χ0) is 18.3. The maximum Gasteiger partial charge on any atom is 0.420 e. The second kappa shape index (κ2) is 6.67. The summed E-state index contributed by atoms with van der Waals surface area (Å²) in [5, 5.41) is 0. The molecule has 0 spiro atoms. The molecule has 2 aliphatic heterocycles. The smallest absolute Gasteiger partial charge is 0.402 e. The Labute approximate surface area is 161 Å². The Morgan fingerprint density at radius 3 is 2.07 bits per heavy atom. The Morgan fingerprint density at radius 1 is 0.852 bits per heavy atom. The number of hydrogen-bond acceptors (Lipinski definition) is 2. The Bertz CT molecular complexity index is 888. The molecule has 3 aromatic carbocycles. The molecule has 0 aromatic heterocycles. The summed E-state index contributed by atoms with van der Waals surface area (Å²) in [5.74, 6) is 0. The van der Waals surface area contributed by atoms with Gasteiger partial charge in [0.2, 0.25) is 0 Å². The molecule has 0 amide bonds. The van der Waals surface area contributed by atoms with E-state index in [1.54, 1.807) is 0 Å². The lowest BCUT2D eigenvalue weighted by molar-refractivity contribution is 0.106. The molecule has 3 heteroatoms. The van der Waals surface area contributed by atoms with Crippen molar-refractivity contribution >= 4 is 12.5 Å². The first kappa shape index (κ1) is 16.8. The molecule has 134 valence electrons. The quantitative estimate of drug-likeness (QED) is 0.657. The van der Waals surface area contributed by atoms with E-state index < -0.39 is 5.60 Å². The highest BCUT2D eigenvalue weighted by Crippen LogP contribution is 2.48. The highest BCUT2D eigenvalue weighted by Gasteiger charge is 2.59. The molecule has 1 unspecified atom stereocenters. The molecule has 0 saturated carbocycles. The van der Waals surface area contributed by atoms with Crippen LogP contribution >= 0.6 is 0 Å². The summed E-state index contributed by atoms with van der Waals surface area (Å²) in [4.78, 5) is 2.59. The van der Waals surface area contributed by atoms with Crippen molar-refractivity contribution in [3.05, 3.63) is 102 Å². The van der Waals surface area contributed by atoms with Gasteiger partial charge in [-0.1, -0.05) is 90.5 Å². The minimum absolute atomic E-state index is 0.000822. The summed E-state index contributed by atoms with van der Waals surface area (Å²) >= 11 is 0. The number of hydrogen-bond donors (Lipinski definition) is 0. The van der Waals surface area contributed by atoms with Crippen molar-refractivity contribution in [2.75, 3.05) is 6.54 Å². The van der Waals surface area contributed by atoms with Gasteiger partial charge in [-0.25, -0.2) is 0 Å². The molecule has 5 rings (SSSR count). The Hall–Kier alpha value is -2.36. The van der Waals surface area contributed by atoms with Crippen LogP contribution in [0.3, 0.4) is 0 Å². The molecule has 27 heavy (non-hydrogen) atoms. The fourth-order valence-electron chi connectivity index (χ4n) is 4.99. The van der Waals surface area contributed by atoms with E-state index in [2.05, 4.69) is 96.7 Å². The Morgan fingerprint density at radius 2 is 1.44 bits per heavy atom. The van der Waals surface area contributed by atoms with Crippen LogP contribution in [0.4, 0.5) is 0 Å². The molecule has 1 atom stereocenters. The second-order valence-electron chi connectivity index (χ2n) is 7.69. The van der Waals surface area contributed by atoms with Gasteiger partial charge < -0.3 is 9.47 Å². The first-order chi connectivity index (χ1) is 13.3. The number of nitrogens with zero attached hydrogens (tertiary/aromatic N) is 1. The third kappa shape index (κ3) is 2.57. The van der Waals surface area contributed by atoms with Gasteiger partial charge in [-0.15, -0.1) is 0 Å². The summed E-state index contributed by atoms with van der Waals surface area (Å²) in [6, 6.07) is 30.6. The highest BCUT2D eigenvalue weighted by atomic mass is 16.5. The van der Waals surface area contributed by atoms with Crippen molar-refractivity contribution in [2.24, 2.45) is 0 Å². The van der Waals surface area contributed by atoms with E-state index in [-0.39, 0.29) is 7.05 Å². The van der Waals surface area contributed by atoms with Crippen molar-refractivity contribution in [2.45, 2.75) is 31.4 Å². The van der Waals surface area contributed by atoms with Crippen molar-refractivity contribution in [3.8, 4) is 0 Å². The molecule has 0 N–H and O–H groups in total. The number of aryl methyl sites for hydroxylation is 1. The third-order valence-corrected chi connectivity index (χ3v) is 6.22. The van der Waals surface area contributed by atoms with Gasteiger partial charge >= 0.3 is 7.05 Å². The molecule has 3 aromatic rings. The van der Waals surface area contributed by atoms with Crippen LogP contribution < -0.4 is 5.46 Å². The van der Waals surface area contributed by atoms with Crippen LogP contribution in [0, 0.1) is 6.92 Å². The average molecular weight is 353 g/mol. The van der Waals surface area contributed by atoms with Gasteiger partial charge in [-0.2, -0.15) is 0 Å². The summed E-state index contributed by atoms with van der Waals surface area (Å²) in [6.45, 7) is 3.28. The molecule has 0 radical (unpaired) electrons. The van der Waals surface area contributed by atoms with Crippen LogP contribution in [0.1, 0.15) is 29.5 Å². The van der Waals surface area contributed by atoms with Gasteiger partial charge in [-0.3, -0.25) is 0 Å². The van der Waals surface area contributed by atoms with Gasteiger partial charge in [0.25, 0.3) is 0 Å². The summed E-state index contributed by atoms with van der Waals surface area (Å²) in [5.41, 5.74) is 4.67. The fourth-order valence-corrected chi connectivity index (χ4v) is 4.99. The van der Waals surface area contributed by atoms with E-state index in [0.29, 0.717) is 6.04 Å². The second-order valence-corrected chi connectivity index (χ2v) is 7.69. The lowest BCUT2D eigenvalue weighted by Crippen LogP contribution is -2.46. The molecule has 2 heterocycles. The summed E-state index contributed by atoms with van der Waals surface area (Å²) in [6.07, 6.45) is 2.38. The Balaban J connectivity index is 1.71. The van der Waals surface area contributed by atoms with Crippen LogP contribution in [0.15, 0.2) is 84.9 Å². The maximum absolute atomic E-state index is 7.08. The van der Waals surface area contributed by atoms with Crippen LogP contribution in [0.2, 0.25) is 0 Å². The van der Waals surface area contributed by atoms with Crippen molar-refractivity contribution in [3.63, 3.8) is 0 Å². The van der Waals surface area contributed by atoms with E-state index in [0.717, 1.165) is 13.0 Å². The van der Waals surface area contributed by atoms with Crippen molar-refractivity contribution in [1.82, 2.24) is 4.81 Å². The largest absolute Gasteiger partial charge is 0.420 e. The maximum atomic E-state index is 7.08. The molecule has 2 nitrogen and oxygen atoms in total. The minimum Gasteiger partial charge on any atom is -0.402 e. The fraction of sp³-hybridized carbons (Fsp3) is 0.250. The molecular weight excluding hydrogens is 329 g/mol. The van der Waals surface area contributed by atoms with Gasteiger partial charge in [0.05, 0.1) is 0 Å². The number of rotatable bonds is 3. The van der Waals surface area contributed by atoms with Crippen molar-refractivity contribution in [1.29, 1.82) is 0 Å². The van der Waals surface area contributed by atoms with Crippen LogP contribution in [0.5, 0.6) is 0 Å². The summed E-state index contributed by atoms with van der Waals surface area (Å²) in [7, 11) is -0.000822.